The van der Waals surface area contributed by atoms with Crippen LogP contribution < -0.4 is 9.92 Å². The summed E-state index contributed by atoms with van der Waals surface area (Å²) in [6, 6.07) is 18.8. The van der Waals surface area contributed by atoms with Gasteiger partial charge in [0.1, 0.15) is 11.9 Å². The highest BCUT2D eigenvalue weighted by Gasteiger charge is 2.24. The Morgan fingerprint density at radius 3 is 2.30 bits per heavy atom. The van der Waals surface area contributed by atoms with E-state index in [1.54, 1.807) is 6.92 Å². The van der Waals surface area contributed by atoms with Gasteiger partial charge in [-0.3, -0.25) is 0 Å². The van der Waals surface area contributed by atoms with E-state index in [1.165, 1.54) is 35.2 Å². The first kappa shape index (κ1) is 29.1. The predicted molar refractivity (Wildman–Crippen MR) is 153 cm³/mol. The lowest BCUT2D eigenvalue weighted by atomic mass is 10.1. The highest BCUT2D eigenvalue weighted by atomic mass is 28.3. The third kappa shape index (κ3) is 10.1. The second-order valence-corrected chi connectivity index (χ2v) is 15.7. The molecule has 1 saturated heterocycles. The molecule has 0 aliphatic carbocycles. The fraction of sp³-hybridized carbons (Fsp3) is 0.516. The molecule has 1 heterocycles. The van der Waals surface area contributed by atoms with Gasteiger partial charge in [0, 0.05) is 11.5 Å². The summed E-state index contributed by atoms with van der Waals surface area (Å²) in [4.78, 5) is 11.8. The molecule has 0 saturated carbocycles. The van der Waals surface area contributed by atoms with Crippen molar-refractivity contribution in [3.05, 3.63) is 60.7 Å². The zero-order valence-corrected chi connectivity index (χ0v) is 24.1. The molecular formula is C31H44O5Si. The number of benzene rings is 2. The van der Waals surface area contributed by atoms with Gasteiger partial charge in [-0.05, 0) is 43.0 Å². The van der Waals surface area contributed by atoms with E-state index < -0.39 is 8.07 Å². The summed E-state index contributed by atoms with van der Waals surface area (Å²) in [5.74, 6) is 0.621. The lowest BCUT2D eigenvalue weighted by Gasteiger charge is -2.23. The van der Waals surface area contributed by atoms with E-state index >= 15 is 0 Å². The standard InChI is InChI=1S/C31H44O5Si/c1-6-7-19-37(4,5)30-16-12-27(13-17-30)26-10-14-28(15-11-26)34-18-8-9-25(20-33-22-29-23-35-29)21-36-31(32)24(2)3/h10-17,25,29H,2,6-9,18-23H2,1,3-5H3. The van der Waals surface area contributed by atoms with Gasteiger partial charge in [0.05, 0.1) is 41.1 Å². The van der Waals surface area contributed by atoms with Gasteiger partial charge >= 0.3 is 5.97 Å². The van der Waals surface area contributed by atoms with E-state index in [9.17, 15) is 4.79 Å². The summed E-state index contributed by atoms with van der Waals surface area (Å²) >= 11 is 0. The molecule has 3 rings (SSSR count). The van der Waals surface area contributed by atoms with Gasteiger partial charge in [-0.2, -0.15) is 0 Å². The molecular weight excluding hydrogens is 480 g/mol. The molecule has 0 spiro atoms. The summed E-state index contributed by atoms with van der Waals surface area (Å²) in [5, 5.41) is 1.53. The van der Waals surface area contributed by atoms with Crippen molar-refractivity contribution in [2.24, 2.45) is 5.92 Å². The maximum atomic E-state index is 11.8. The van der Waals surface area contributed by atoms with Crippen molar-refractivity contribution in [2.75, 3.05) is 33.0 Å². The second-order valence-electron chi connectivity index (χ2n) is 10.8. The highest BCUT2D eigenvalue weighted by molar-refractivity contribution is 6.89. The van der Waals surface area contributed by atoms with Crippen LogP contribution in [-0.4, -0.2) is 53.2 Å². The smallest absolute Gasteiger partial charge is 0.333 e. The van der Waals surface area contributed by atoms with Crippen LogP contribution in [0, 0.1) is 5.92 Å². The third-order valence-electron chi connectivity index (χ3n) is 6.89. The van der Waals surface area contributed by atoms with Crippen molar-refractivity contribution in [3.63, 3.8) is 0 Å². The number of carbonyl (C=O) groups is 1. The van der Waals surface area contributed by atoms with Crippen LogP contribution in [0.1, 0.15) is 39.5 Å². The SMILES string of the molecule is C=C(C)C(=O)OCC(CCCOc1ccc(-c2ccc([Si](C)(C)CCCC)cc2)cc1)COCC1CO1. The molecule has 2 atom stereocenters. The van der Waals surface area contributed by atoms with E-state index in [0.29, 0.717) is 32.0 Å². The number of esters is 1. The summed E-state index contributed by atoms with van der Waals surface area (Å²) in [6.45, 7) is 15.3. The lowest BCUT2D eigenvalue weighted by Crippen LogP contribution is -2.40. The average Bonchev–Trinajstić information content (AvgIpc) is 3.72. The van der Waals surface area contributed by atoms with Crippen LogP contribution in [-0.2, 0) is 19.0 Å². The largest absolute Gasteiger partial charge is 0.494 e. The van der Waals surface area contributed by atoms with Crippen molar-refractivity contribution in [1.82, 2.24) is 0 Å². The molecule has 37 heavy (non-hydrogen) atoms. The monoisotopic (exact) mass is 524 g/mol. The van der Waals surface area contributed by atoms with Gasteiger partial charge < -0.3 is 18.9 Å². The average molecular weight is 525 g/mol. The summed E-state index contributed by atoms with van der Waals surface area (Å²) in [6.07, 6.45) is 4.49. The number of ether oxygens (including phenoxy) is 4. The Bertz CT molecular complexity index is 980. The van der Waals surface area contributed by atoms with Crippen LogP contribution in [0.3, 0.4) is 0 Å². The molecule has 202 valence electrons. The number of hydrogen-bond acceptors (Lipinski definition) is 5. The van der Waals surface area contributed by atoms with Crippen molar-refractivity contribution in [3.8, 4) is 16.9 Å². The maximum absolute atomic E-state index is 11.8. The zero-order valence-electron chi connectivity index (χ0n) is 23.1. The van der Waals surface area contributed by atoms with Crippen molar-refractivity contribution in [1.29, 1.82) is 0 Å². The minimum atomic E-state index is -1.35. The molecule has 0 bridgehead atoms. The number of rotatable bonds is 17. The van der Waals surface area contributed by atoms with E-state index in [-0.39, 0.29) is 18.0 Å². The minimum absolute atomic E-state index is 0.117. The van der Waals surface area contributed by atoms with Gasteiger partial charge in [0.15, 0.2) is 0 Å². The maximum Gasteiger partial charge on any atom is 0.333 e. The van der Waals surface area contributed by atoms with E-state index in [0.717, 1.165) is 25.2 Å². The summed E-state index contributed by atoms with van der Waals surface area (Å²) in [7, 11) is -1.35. The van der Waals surface area contributed by atoms with Crippen LogP contribution in [0.25, 0.3) is 11.1 Å². The topological polar surface area (TPSA) is 57.3 Å². The molecule has 1 aliphatic heterocycles. The normalized spacial score (nSPS) is 15.7. The Labute approximate surface area is 224 Å². The van der Waals surface area contributed by atoms with Gasteiger partial charge in [-0.25, -0.2) is 4.79 Å². The Hall–Kier alpha value is -2.41. The van der Waals surface area contributed by atoms with Crippen LogP contribution in [0.4, 0.5) is 0 Å². The molecule has 2 aromatic carbocycles. The van der Waals surface area contributed by atoms with Gasteiger partial charge in [-0.15, -0.1) is 0 Å². The first-order valence-corrected chi connectivity index (χ1v) is 16.8. The quantitative estimate of drug-likeness (QED) is 0.0790. The second kappa shape index (κ2) is 14.5. The predicted octanol–water partition coefficient (Wildman–Crippen LogP) is 6.38. The lowest BCUT2D eigenvalue weighted by molar-refractivity contribution is -0.141. The molecule has 2 aromatic rings. The van der Waals surface area contributed by atoms with Crippen molar-refractivity contribution < 1.29 is 23.7 Å². The molecule has 0 amide bonds. The van der Waals surface area contributed by atoms with E-state index in [4.69, 9.17) is 18.9 Å². The first-order valence-electron chi connectivity index (χ1n) is 13.6. The van der Waals surface area contributed by atoms with Crippen LogP contribution in [0.5, 0.6) is 5.75 Å². The molecule has 1 aliphatic rings. The van der Waals surface area contributed by atoms with Gasteiger partial charge in [-0.1, -0.05) is 87.1 Å². The molecule has 6 heteroatoms. The number of carbonyl (C=O) groups excluding carboxylic acids is 1. The molecule has 0 aromatic heterocycles. The minimum Gasteiger partial charge on any atom is -0.494 e. The molecule has 0 radical (unpaired) electrons. The van der Waals surface area contributed by atoms with E-state index in [1.807, 2.05) is 12.1 Å². The molecule has 1 fully saturated rings. The Kier molecular flexibility index (Phi) is 11.4. The van der Waals surface area contributed by atoms with Crippen molar-refractivity contribution >= 4 is 19.2 Å². The first-order chi connectivity index (χ1) is 17.8. The third-order valence-corrected chi connectivity index (χ3v) is 10.4. The highest BCUT2D eigenvalue weighted by Crippen LogP contribution is 2.23. The van der Waals surface area contributed by atoms with Crippen LogP contribution in [0.15, 0.2) is 60.7 Å². The van der Waals surface area contributed by atoms with Crippen LogP contribution in [0.2, 0.25) is 19.1 Å². The van der Waals surface area contributed by atoms with Gasteiger partial charge in [0.25, 0.3) is 0 Å². The molecule has 2 unspecified atom stereocenters. The Balaban J connectivity index is 1.44. The fourth-order valence-corrected chi connectivity index (χ4v) is 6.84. The Morgan fingerprint density at radius 2 is 1.70 bits per heavy atom. The summed E-state index contributed by atoms with van der Waals surface area (Å²) < 4.78 is 22.3. The zero-order chi connectivity index (χ0) is 26.7. The Morgan fingerprint density at radius 1 is 1.05 bits per heavy atom. The molecule has 5 nitrogen and oxygen atoms in total. The van der Waals surface area contributed by atoms with Crippen molar-refractivity contribution in [2.45, 2.75) is 64.8 Å². The van der Waals surface area contributed by atoms with Crippen LogP contribution >= 0.6 is 0 Å². The van der Waals surface area contributed by atoms with E-state index in [2.05, 4.69) is 63.0 Å². The number of unbranched alkanes of at least 4 members (excludes halogenated alkanes) is 1. The van der Waals surface area contributed by atoms with Gasteiger partial charge in [0.2, 0.25) is 0 Å². The number of hydrogen-bond donors (Lipinski definition) is 0. The fourth-order valence-electron chi connectivity index (χ4n) is 4.24. The molecule has 0 N–H and O–H groups in total. The number of epoxide rings is 1. The summed E-state index contributed by atoms with van der Waals surface area (Å²) in [5.41, 5.74) is 2.84.